The third kappa shape index (κ3) is 4.81. The Morgan fingerprint density at radius 2 is 1.15 bits per heavy atom. The van der Waals surface area contributed by atoms with Crippen LogP contribution in [0, 0.1) is 6.92 Å². The molecule has 8 aromatic carbocycles. The van der Waals surface area contributed by atoms with Gasteiger partial charge in [0.1, 0.15) is 0 Å². The van der Waals surface area contributed by atoms with E-state index in [4.69, 9.17) is 4.74 Å². The molecule has 10 rings (SSSR count). The van der Waals surface area contributed by atoms with E-state index in [9.17, 15) is 0 Å². The fourth-order valence-electron chi connectivity index (χ4n) is 8.75. The standard InChI is InChI=1S/C50H38N2O/c1-33-31-37(51(43-28-14-22-35-21-10-11-23-39(35)43)42-27-13-12-24-38(42)34-17-6-4-7-18-34)32-46-48(33)52-44-29-15-25-40(36-19-8-5-9-20-36)47(44)50(2,3)41-26-16-30-45(53-46)49(41)52/h4-32H,1-3H3. The van der Waals surface area contributed by atoms with Gasteiger partial charge in [-0.3, -0.25) is 0 Å². The molecule has 8 aromatic rings. The Labute approximate surface area is 311 Å². The summed E-state index contributed by atoms with van der Waals surface area (Å²) in [7, 11) is 0. The third-order valence-electron chi connectivity index (χ3n) is 11.1. The molecule has 2 aliphatic rings. The highest BCUT2D eigenvalue weighted by atomic mass is 16.5. The van der Waals surface area contributed by atoms with E-state index in [0.29, 0.717) is 0 Å². The van der Waals surface area contributed by atoms with Gasteiger partial charge in [-0.05, 0) is 76.0 Å². The van der Waals surface area contributed by atoms with E-state index < -0.39 is 0 Å². The first-order valence-electron chi connectivity index (χ1n) is 18.4. The van der Waals surface area contributed by atoms with Crippen molar-refractivity contribution in [2.24, 2.45) is 0 Å². The number of anilines is 6. The van der Waals surface area contributed by atoms with Gasteiger partial charge in [-0.1, -0.05) is 153 Å². The zero-order chi connectivity index (χ0) is 35.7. The van der Waals surface area contributed by atoms with Crippen LogP contribution in [0.4, 0.5) is 34.1 Å². The Balaban J connectivity index is 1.23. The number of ether oxygens (including phenoxy) is 1. The average molecular weight is 683 g/mol. The van der Waals surface area contributed by atoms with Crippen molar-refractivity contribution in [3.8, 4) is 33.8 Å². The molecular formula is C50H38N2O. The summed E-state index contributed by atoms with van der Waals surface area (Å²) in [6.07, 6.45) is 0. The topological polar surface area (TPSA) is 15.7 Å². The fourth-order valence-corrected chi connectivity index (χ4v) is 8.75. The number of benzene rings is 8. The number of hydrogen-bond donors (Lipinski definition) is 0. The van der Waals surface area contributed by atoms with Crippen molar-refractivity contribution in [2.45, 2.75) is 26.2 Å². The van der Waals surface area contributed by atoms with Gasteiger partial charge < -0.3 is 14.5 Å². The van der Waals surface area contributed by atoms with Gasteiger partial charge in [-0.15, -0.1) is 0 Å². The monoisotopic (exact) mass is 682 g/mol. The van der Waals surface area contributed by atoms with E-state index in [0.717, 1.165) is 51.1 Å². The molecule has 3 nitrogen and oxygen atoms in total. The Morgan fingerprint density at radius 3 is 1.96 bits per heavy atom. The van der Waals surface area contributed by atoms with Gasteiger partial charge in [-0.25, -0.2) is 0 Å². The van der Waals surface area contributed by atoms with Crippen molar-refractivity contribution in [1.82, 2.24) is 0 Å². The van der Waals surface area contributed by atoms with E-state index in [1.54, 1.807) is 0 Å². The molecule has 0 spiro atoms. The number of nitrogens with zero attached hydrogens (tertiary/aromatic N) is 2. The highest BCUT2D eigenvalue weighted by Crippen LogP contribution is 2.62. The Morgan fingerprint density at radius 1 is 0.528 bits per heavy atom. The van der Waals surface area contributed by atoms with Crippen molar-refractivity contribution in [1.29, 1.82) is 0 Å². The van der Waals surface area contributed by atoms with E-state index in [1.165, 1.54) is 44.3 Å². The first-order chi connectivity index (χ1) is 26.0. The normalized spacial score (nSPS) is 13.5. The number of rotatable bonds is 5. The van der Waals surface area contributed by atoms with Crippen LogP contribution in [0.2, 0.25) is 0 Å². The van der Waals surface area contributed by atoms with E-state index in [1.807, 2.05) is 0 Å². The van der Waals surface area contributed by atoms with Crippen LogP contribution in [0.25, 0.3) is 33.0 Å². The van der Waals surface area contributed by atoms with Gasteiger partial charge in [0.2, 0.25) is 0 Å². The first-order valence-corrected chi connectivity index (χ1v) is 18.4. The van der Waals surface area contributed by atoms with Crippen molar-refractivity contribution in [3.63, 3.8) is 0 Å². The summed E-state index contributed by atoms with van der Waals surface area (Å²) in [4.78, 5) is 4.88. The molecule has 254 valence electrons. The van der Waals surface area contributed by atoms with Gasteiger partial charge in [0.05, 0.1) is 34.1 Å². The minimum absolute atomic E-state index is 0.259. The van der Waals surface area contributed by atoms with Crippen LogP contribution in [-0.2, 0) is 5.41 Å². The summed E-state index contributed by atoms with van der Waals surface area (Å²) in [6.45, 7) is 6.93. The molecule has 3 heteroatoms. The lowest BCUT2D eigenvalue weighted by atomic mass is 9.70. The zero-order valence-corrected chi connectivity index (χ0v) is 30.0. The summed E-state index contributed by atoms with van der Waals surface area (Å²) in [5.74, 6) is 1.71. The van der Waals surface area contributed by atoms with E-state index in [-0.39, 0.29) is 5.41 Å². The number of para-hydroxylation sites is 2. The van der Waals surface area contributed by atoms with E-state index in [2.05, 4.69) is 206 Å². The van der Waals surface area contributed by atoms with Crippen molar-refractivity contribution >= 4 is 44.9 Å². The molecular weight excluding hydrogens is 645 g/mol. The van der Waals surface area contributed by atoms with Crippen LogP contribution in [0.1, 0.15) is 30.5 Å². The largest absolute Gasteiger partial charge is 0.453 e. The highest BCUT2D eigenvalue weighted by Gasteiger charge is 2.43. The molecule has 0 fully saturated rings. The SMILES string of the molecule is Cc1cc(N(c2ccccc2-c2ccccc2)c2cccc3ccccc23)cc2c1N1c3cccc(-c4ccccc4)c3C(C)(C)c3cccc(c31)O2. The van der Waals surface area contributed by atoms with Gasteiger partial charge in [-0.2, -0.15) is 0 Å². The molecule has 2 aliphatic heterocycles. The van der Waals surface area contributed by atoms with Crippen LogP contribution in [0.15, 0.2) is 176 Å². The lowest BCUT2D eigenvalue weighted by Crippen LogP contribution is -2.33. The number of hydrogen-bond acceptors (Lipinski definition) is 3. The molecule has 0 atom stereocenters. The minimum atomic E-state index is -0.259. The molecule has 0 bridgehead atoms. The van der Waals surface area contributed by atoms with Gasteiger partial charge in [0.25, 0.3) is 0 Å². The maximum atomic E-state index is 7.02. The number of aryl methyl sites for hydroxylation is 1. The molecule has 0 aromatic heterocycles. The molecule has 0 radical (unpaired) electrons. The zero-order valence-electron chi connectivity index (χ0n) is 30.0. The van der Waals surface area contributed by atoms with Crippen LogP contribution in [0.3, 0.4) is 0 Å². The molecule has 0 saturated carbocycles. The Hall–Kier alpha value is -6.58. The molecule has 2 heterocycles. The Bertz CT molecular complexity index is 2690. The smallest absolute Gasteiger partial charge is 0.153 e. The van der Waals surface area contributed by atoms with E-state index >= 15 is 0 Å². The maximum Gasteiger partial charge on any atom is 0.153 e. The molecule has 0 aliphatic carbocycles. The minimum Gasteiger partial charge on any atom is -0.453 e. The summed E-state index contributed by atoms with van der Waals surface area (Å²) >= 11 is 0. The number of fused-ring (bicyclic) bond motifs is 5. The summed E-state index contributed by atoms with van der Waals surface area (Å²) in [5.41, 5.74) is 14.9. The fraction of sp³-hybridized carbons (Fsp3) is 0.0800. The van der Waals surface area contributed by atoms with Crippen molar-refractivity contribution in [3.05, 3.63) is 193 Å². The second kappa shape index (κ2) is 12.0. The van der Waals surface area contributed by atoms with Crippen LogP contribution in [0.5, 0.6) is 11.5 Å². The second-order valence-electron chi connectivity index (χ2n) is 14.6. The molecule has 0 amide bonds. The lowest BCUT2D eigenvalue weighted by molar-refractivity contribution is 0.471. The predicted octanol–water partition coefficient (Wildman–Crippen LogP) is 14.2. The molecule has 0 unspecified atom stereocenters. The maximum absolute atomic E-state index is 7.02. The summed E-state index contributed by atoms with van der Waals surface area (Å²) < 4.78 is 7.02. The van der Waals surface area contributed by atoms with Crippen LogP contribution < -0.4 is 14.5 Å². The van der Waals surface area contributed by atoms with Gasteiger partial charge in [0.15, 0.2) is 11.5 Å². The van der Waals surface area contributed by atoms with Crippen LogP contribution >= 0.6 is 0 Å². The molecule has 0 saturated heterocycles. The molecule has 0 N–H and O–H groups in total. The summed E-state index contributed by atoms with van der Waals surface area (Å²) in [6, 6.07) is 63.3. The van der Waals surface area contributed by atoms with Crippen molar-refractivity contribution in [2.75, 3.05) is 9.80 Å². The van der Waals surface area contributed by atoms with Gasteiger partial charge >= 0.3 is 0 Å². The lowest BCUT2D eigenvalue weighted by Gasteiger charge is -2.46. The Kier molecular flexibility index (Phi) is 7.06. The molecule has 53 heavy (non-hydrogen) atoms. The summed E-state index contributed by atoms with van der Waals surface area (Å²) in [5, 5.41) is 2.38. The quantitative estimate of drug-likeness (QED) is 0.180. The van der Waals surface area contributed by atoms with Gasteiger partial charge in [0, 0.05) is 22.4 Å². The van der Waals surface area contributed by atoms with Crippen molar-refractivity contribution < 1.29 is 4.74 Å². The third-order valence-corrected chi connectivity index (χ3v) is 11.1. The second-order valence-corrected chi connectivity index (χ2v) is 14.6. The average Bonchev–Trinajstić information content (AvgIpc) is 3.20. The predicted molar refractivity (Wildman–Crippen MR) is 221 cm³/mol. The first kappa shape index (κ1) is 31.2. The van der Waals surface area contributed by atoms with Crippen LogP contribution in [-0.4, -0.2) is 0 Å². The highest BCUT2D eigenvalue weighted by molar-refractivity contribution is 6.03.